The first-order valence-corrected chi connectivity index (χ1v) is 12.0. The zero-order valence-corrected chi connectivity index (χ0v) is 19.1. The summed E-state index contributed by atoms with van der Waals surface area (Å²) in [5, 5.41) is 3.25. The van der Waals surface area contributed by atoms with Gasteiger partial charge in [-0.05, 0) is 56.2 Å². The number of rotatable bonds is 7. The van der Waals surface area contributed by atoms with Crippen LogP contribution in [0.4, 0.5) is 5.69 Å². The number of hydrogen-bond acceptors (Lipinski definition) is 7. The Morgan fingerprint density at radius 1 is 1.15 bits per heavy atom. The molecule has 1 aromatic heterocycles. The molecular formula is C23H24N2O7S. The Balaban J connectivity index is 1.64. The van der Waals surface area contributed by atoms with Gasteiger partial charge in [-0.15, -0.1) is 0 Å². The minimum atomic E-state index is -3.91. The number of methoxy groups -OCH3 is 1. The number of anilines is 1. The van der Waals surface area contributed by atoms with E-state index in [0.29, 0.717) is 29.6 Å². The topological polar surface area (TPSA) is 115 Å². The molecule has 2 heterocycles. The van der Waals surface area contributed by atoms with E-state index in [1.54, 1.807) is 43.3 Å². The second kappa shape index (κ2) is 9.24. The number of hydrogen-bond donors (Lipinski definition) is 1. The number of fused-ring (bicyclic) bond motifs is 1. The van der Waals surface area contributed by atoms with Crippen molar-refractivity contribution in [3.8, 4) is 5.75 Å². The third-order valence-corrected chi connectivity index (χ3v) is 7.40. The number of amides is 1. The van der Waals surface area contributed by atoms with Crippen LogP contribution in [0.3, 0.4) is 0 Å². The summed E-state index contributed by atoms with van der Waals surface area (Å²) in [6.07, 6.45) is 0.885. The van der Waals surface area contributed by atoms with Crippen LogP contribution in [0.1, 0.15) is 30.3 Å². The van der Waals surface area contributed by atoms with Crippen LogP contribution in [0.5, 0.6) is 5.75 Å². The fourth-order valence-corrected chi connectivity index (χ4v) is 5.55. The Morgan fingerprint density at radius 3 is 2.58 bits per heavy atom. The van der Waals surface area contributed by atoms with E-state index in [4.69, 9.17) is 13.9 Å². The fraction of sp³-hybridized carbons (Fsp3) is 0.304. The van der Waals surface area contributed by atoms with E-state index in [0.717, 1.165) is 0 Å². The highest BCUT2D eigenvalue weighted by atomic mass is 32.2. The van der Waals surface area contributed by atoms with Gasteiger partial charge < -0.3 is 19.2 Å². The fourth-order valence-electron chi connectivity index (χ4n) is 3.89. The van der Waals surface area contributed by atoms with Gasteiger partial charge in [-0.1, -0.05) is 12.1 Å². The van der Waals surface area contributed by atoms with Gasteiger partial charge in [0.25, 0.3) is 0 Å². The molecule has 0 unspecified atom stereocenters. The molecule has 0 aliphatic carbocycles. The van der Waals surface area contributed by atoms with E-state index >= 15 is 0 Å². The summed E-state index contributed by atoms with van der Waals surface area (Å²) in [5.74, 6) is -0.850. The van der Waals surface area contributed by atoms with Crippen molar-refractivity contribution in [1.29, 1.82) is 0 Å². The zero-order chi connectivity index (χ0) is 23.6. The van der Waals surface area contributed by atoms with Crippen LogP contribution in [0.15, 0.2) is 57.8 Å². The molecule has 0 bridgehead atoms. The zero-order valence-electron chi connectivity index (χ0n) is 18.2. The van der Waals surface area contributed by atoms with Crippen molar-refractivity contribution in [3.05, 3.63) is 54.3 Å². The number of carbonyl (C=O) groups excluding carboxylic acids is 2. The molecule has 0 saturated carbocycles. The third kappa shape index (κ3) is 4.31. The Hall–Kier alpha value is -3.37. The average Bonchev–Trinajstić information content (AvgIpc) is 3.45. The molecule has 1 fully saturated rings. The molecule has 1 N–H and O–H groups in total. The van der Waals surface area contributed by atoms with Gasteiger partial charge in [0.2, 0.25) is 21.7 Å². The number of nitrogens with one attached hydrogen (secondary N) is 1. The number of para-hydroxylation sites is 1. The van der Waals surface area contributed by atoms with Gasteiger partial charge in [-0.25, -0.2) is 13.2 Å². The molecule has 0 spiro atoms. The van der Waals surface area contributed by atoms with Crippen LogP contribution < -0.4 is 10.1 Å². The molecule has 1 atom stereocenters. The lowest BCUT2D eigenvalue weighted by molar-refractivity contribution is -0.119. The van der Waals surface area contributed by atoms with Gasteiger partial charge >= 0.3 is 5.97 Å². The minimum Gasteiger partial charge on any atom is -0.497 e. The largest absolute Gasteiger partial charge is 0.497 e. The summed E-state index contributed by atoms with van der Waals surface area (Å²) in [6.45, 7) is 2.02. The highest BCUT2D eigenvalue weighted by Gasteiger charge is 2.40. The van der Waals surface area contributed by atoms with Crippen molar-refractivity contribution >= 4 is 38.6 Å². The molecule has 3 aromatic rings. The molecule has 9 nitrogen and oxygen atoms in total. The predicted molar refractivity (Wildman–Crippen MR) is 121 cm³/mol. The van der Waals surface area contributed by atoms with Crippen LogP contribution in [-0.4, -0.2) is 50.9 Å². The summed E-state index contributed by atoms with van der Waals surface area (Å²) in [6, 6.07) is 11.9. The molecule has 4 rings (SSSR count). The summed E-state index contributed by atoms with van der Waals surface area (Å²) >= 11 is 0. The third-order valence-electron chi connectivity index (χ3n) is 5.48. The predicted octanol–water partition coefficient (Wildman–Crippen LogP) is 3.41. The van der Waals surface area contributed by atoms with Crippen molar-refractivity contribution in [2.24, 2.45) is 0 Å². The molecule has 1 saturated heterocycles. The molecule has 10 heteroatoms. The Kier molecular flexibility index (Phi) is 6.39. The Bertz CT molecular complexity index is 1280. The molecule has 2 aromatic carbocycles. The lowest BCUT2D eigenvalue weighted by Gasteiger charge is -2.23. The van der Waals surface area contributed by atoms with E-state index in [2.05, 4.69) is 5.32 Å². The normalized spacial score (nSPS) is 16.6. The number of esters is 1. The maximum atomic E-state index is 13.2. The van der Waals surface area contributed by atoms with Crippen LogP contribution in [0, 0.1) is 0 Å². The Labute approximate surface area is 191 Å². The van der Waals surface area contributed by atoms with Crippen molar-refractivity contribution < 1.29 is 31.9 Å². The first-order chi connectivity index (χ1) is 15.9. The highest BCUT2D eigenvalue weighted by Crippen LogP contribution is 2.33. The molecular weight excluding hydrogens is 448 g/mol. The molecule has 174 valence electrons. The number of ether oxygens (including phenoxy) is 2. The summed E-state index contributed by atoms with van der Waals surface area (Å²) < 4.78 is 43.4. The number of sulfonamides is 1. The van der Waals surface area contributed by atoms with Crippen molar-refractivity contribution in [1.82, 2.24) is 4.31 Å². The molecule has 1 aliphatic heterocycles. The first kappa shape index (κ1) is 22.8. The maximum absolute atomic E-state index is 13.2. The Morgan fingerprint density at radius 2 is 1.88 bits per heavy atom. The van der Waals surface area contributed by atoms with E-state index < -0.39 is 27.9 Å². The van der Waals surface area contributed by atoms with Crippen LogP contribution >= 0.6 is 0 Å². The smallest absolute Gasteiger partial charge is 0.376 e. The number of nitrogens with zero attached hydrogens (tertiary/aromatic N) is 1. The standard InChI is InChI=1S/C23H24N2O7S/c1-3-31-23(27)21-20(17-7-4-5-9-19(17)32-21)24-22(26)18-8-6-14-25(18)33(28,29)16-12-10-15(30-2)11-13-16/h4-5,7,9-13,18H,3,6,8,14H2,1-2H3,(H,24,26)/t18-/m0/s1. The van der Waals surface area contributed by atoms with Gasteiger partial charge in [-0.2, -0.15) is 4.31 Å². The quantitative estimate of drug-likeness (QED) is 0.524. The van der Waals surface area contributed by atoms with E-state index in [-0.39, 0.29) is 29.5 Å². The lowest BCUT2D eigenvalue weighted by atomic mass is 10.2. The minimum absolute atomic E-state index is 0.0731. The van der Waals surface area contributed by atoms with E-state index in [1.807, 2.05) is 0 Å². The molecule has 1 aliphatic rings. The number of carbonyl (C=O) groups is 2. The van der Waals surface area contributed by atoms with Crippen LogP contribution in [0.25, 0.3) is 11.0 Å². The average molecular weight is 473 g/mol. The second-order valence-corrected chi connectivity index (χ2v) is 9.35. The molecule has 1 amide bonds. The lowest BCUT2D eigenvalue weighted by Crippen LogP contribution is -2.43. The van der Waals surface area contributed by atoms with Crippen LogP contribution in [-0.2, 0) is 19.6 Å². The van der Waals surface area contributed by atoms with Gasteiger partial charge in [0.1, 0.15) is 23.1 Å². The summed E-state index contributed by atoms with van der Waals surface area (Å²) in [5.41, 5.74) is 0.577. The second-order valence-electron chi connectivity index (χ2n) is 7.46. The van der Waals surface area contributed by atoms with Crippen molar-refractivity contribution in [3.63, 3.8) is 0 Å². The number of benzene rings is 2. The summed E-state index contributed by atoms with van der Waals surface area (Å²) in [7, 11) is -2.42. The molecule has 33 heavy (non-hydrogen) atoms. The summed E-state index contributed by atoms with van der Waals surface area (Å²) in [4.78, 5) is 25.7. The van der Waals surface area contributed by atoms with Gasteiger partial charge in [-0.3, -0.25) is 4.79 Å². The van der Waals surface area contributed by atoms with Gasteiger partial charge in [0, 0.05) is 11.9 Å². The first-order valence-electron chi connectivity index (χ1n) is 10.5. The van der Waals surface area contributed by atoms with E-state index in [9.17, 15) is 18.0 Å². The number of furan rings is 1. The van der Waals surface area contributed by atoms with Crippen molar-refractivity contribution in [2.75, 3.05) is 25.6 Å². The van der Waals surface area contributed by atoms with E-state index in [1.165, 1.54) is 23.5 Å². The van der Waals surface area contributed by atoms with Gasteiger partial charge in [0.15, 0.2) is 0 Å². The van der Waals surface area contributed by atoms with Crippen LogP contribution in [0.2, 0.25) is 0 Å². The van der Waals surface area contributed by atoms with Crippen molar-refractivity contribution in [2.45, 2.75) is 30.7 Å². The molecule has 0 radical (unpaired) electrons. The maximum Gasteiger partial charge on any atom is 0.376 e. The highest BCUT2D eigenvalue weighted by molar-refractivity contribution is 7.89. The van der Waals surface area contributed by atoms with Gasteiger partial charge in [0.05, 0.1) is 18.6 Å². The SMILES string of the molecule is CCOC(=O)c1oc2ccccc2c1NC(=O)[C@@H]1CCCN1S(=O)(=O)c1ccc(OC)cc1. The monoisotopic (exact) mass is 472 g/mol.